The lowest BCUT2D eigenvalue weighted by Crippen LogP contribution is -2.52. The van der Waals surface area contributed by atoms with Gasteiger partial charge in [0.05, 0.1) is 7.11 Å². The van der Waals surface area contributed by atoms with Crippen LogP contribution in [0, 0.1) is 6.92 Å². The first kappa shape index (κ1) is 24.4. The minimum atomic E-state index is -0.670. The number of carbonyl (C=O) groups is 2. The lowest BCUT2D eigenvalue weighted by molar-refractivity contribution is -0.127. The third-order valence-corrected chi connectivity index (χ3v) is 6.17. The summed E-state index contributed by atoms with van der Waals surface area (Å²) in [6.07, 6.45) is 5.41. The minimum absolute atomic E-state index is 0.145. The molecule has 1 atom stereocenters. The van der Waals surface area contributed by atoms with Crippen molar-refractivity contribution in [2.45, 2.75) is 71.0 Å². The Kier molecular flexibility index (Phi) is 7.79. The quantitative estimate of drug-likeness (QED) is 0.472. The van der Waals surface area contributed by atoms with Gasteiger partial charge in [0, 0.05) is 17.8 Å². The molecule has 0 unspecified atom stereocenters. The Morgan fingerprint density at radius 1 is 1.26 bits per heavy atom. The first-order chi connectivity index (χ1) is 17.0. The van der Waals surface area contributed by atoms with E-state index in [0.29, 0.717) is 29.4 Å². The number of amides is 2. The maximum atomic E-state index is 13.7. The fourth-order valence-corrected chi connectivity index (χ4v) is 4.44. The first-order valence-corrected chi connectivity index (χ1v) is 12.1. The molecule has 1 aliphatic rings. The summed E-state index contributed by atoms with van der Waals surface area (Å²) in [5, 5.41) is 15.5. The van der Waals surface area contributed by atoms with E-state index in [1.54, 1.807) is 37.4 Å². The molecule has 1 fully saturated rings. The van der Waals surface area contributed by atoms with Crippen molar-refractivity contribution >= 4 is 17.5 Å². The van der Waals surface area contributed by atoms with Crippen LogP contribution in [0.2, 0.25) is 0 Å². The number of rotatable bonds is 10. The topological polar surface area (TPSA) is 115 Å². The number of ether oxygens (including phenoxy) is 1. The molecular weight excluding hydrogens is 448 g/mol. The monoisotopic (exact) mass is 480 g/mol. The average molecular weight is 481 g/mol. The number of anilines is 1. The van der Waals surface area contributed by atoms with Crippen LogP contribution in [0.3, 0.4) is 0 Å². The van der Waals surface area contributed by atoms with Gasteiger partial charge in [-0.2, -0.15) is 4.80 Å². The summed E-state index contributed by atoms with van der Waals surface area (Å²) < 4.78 is 10.9. The molecule has 0 spiro atoms. The van der Waals surface area contributed by atoms with E-state index in [0.717, 1.165) is 37.9 Å². The standard InChI is InChI=1S/C25H32N6O4/c1-4-8-21(25(33)26-18-9-5-6-10-18)31(19-11-7-12-20(15-19)34-3)23(32)16-30-28-24(27-29-30)22-14-13-17(2)35-22/h7,11-15,18,21H,4-6,8-10,16H2,1-3H3,(H,26,33)/t21-/m1/s1. The van der Waals surface area contributed by atoms with Crippen molar-refractivity contribution in [2.75, 3.05) is 12.0 Å². The highest BCUT2D eigenvalue weighted by Gasteiger charge is 2.33. The van der Waals surface area contributed by atoms with E-state index in [1.807, 2.05) is 19.9 Å². The molecule has 4 rings (SSSR count). The molecule has 1 saturated carbocycles. The summed E-state index contributed by atoms with van der Waals surface area (Å²) in [6, 6.07) is 10.2. The summed E-state index contributed by atoms with van der Waals surface area (Å²) in [5.41, 5.74) is 0.580. The number of aryl methyl sites for hydroxylation is 1. The van der Waals surface area contributed by atoms with Crippen molar-refractivity contribution in [2.24, 2.45) is 0 Å². The highest BCUT2D eigenvalue weighted by atomic mass is 16.5. The van der Waals surface area contributed by atoms with Crippen LogP contribution in [-0.4, -0.2) is 51.2 Å². The van der Waals surface area contributed by atoms with Crippen LogP contribution < -0.4 is 15.0 Å². The molecule has 2 heterocycles. The van der Waals surface area contributed by atoms with Crippen molar-refractivity contribution in [1.82, 2.24) is 25.5 Å². The number of furan rings is 1. The zero-order chi connectivity index (χ0) is 24.8. The number of methoxy groups -OCH3 is 1. The Morgan fingerprint density at radius 2 is 2.06 bits per heavy atom. The van der Waals surface area contributed by atoms with Crippen LogP contribution in [0.1, 0.15) is 51.2 Å². The number of nitrogens with one attached hydrogen (secondary N) is 1. The van der Waals surface area contributed by atoms with Gasteiger partial charge in [-0.1, -0.05) is 32.3 Å². The molecule has 1 aliphatic carbocycles. The van der Waals surface area contributed by atoms with Gasteiger partial charge >= 0.3 is 0 Å². The Balaban J connectivity index is 1.61. The first-order valence-electron chi connectivity index (χ1n) is 12.1. The highest BCUT2D eigenvalue weighted by molar-refractivity contribution is 6.00. The van der Waals surface area contributed by atoms with E-state index in [1.165, 1.54) is 9.70 Å². The zero-order valence-corrected chi connectivity index (χ0v) is 20.4. The summed E-state index contributed by atoms with van der Waals surface area (Å²) in [6.45, 7) is 3.65. The van der Waals surface area contributed by atoms with Gasteiger partial charge in [-0.25, -0.2) is 0 Å². The number of nitrogens with zero attached hydrogens (tertiary/aromatic N) is 5. The number of benzene rings is 1. The van der Waals surface area contributed by atoms with E-state index >= 15 is 0 Å². The number of carbonyl (C=O) groups excluding carboxylic acids is 2. The average Bonchev–Trinajstić information content (AvgIpc) is 3.62. The Hall–Kier alpha value is -3.69. The Bertz CT molecular complexity index is 1150. The predicted octanol–water partition coefficient (Wildman–Crippen LogP) is 3.51. The molecule has 2 amide bonds. The van der Waals surface area contributed by atoms with Gasteiger partial charge in [0.2, 0.25) is 11.7 Å². The van der Waals surface area contributed by atoms with Crippen LogP contribution in [0.5, 0.6) is 5.75 Å². The lowest BCUT2D eigenvalue weighted by Gasteiger charge is -2.32. The molecule has 10 heteroatoms. The highest BCUT2D eigenvalue weighted by Crippen LogP contribution is 2.26. The lowest BCUT2D eigenvalue weighted by atomic mass is 10.1. The molecule has 0 bridgehead atoms. The maximum Gasteiger partial charge on any atom is 0.251 e. The van der Waals surface area contributed by atoms with E-state index in [4.69, 9.17) is 9.15 Å². The summed E-state index contributed by atoms with van der Waals surface area (Å²) in [5.74, 6) is 1.63. The van der Waals surface area contributed by atoms with Crippen molar-refractivity contribution < 1.29 is 18.7 Å². The zero-order valence-electron chi connectivity index (χ0n) is 20.4. The van der Waals surface area contributed by atoms with Gasteiger partial charge in [0.25, 0.3) is 5.91 Å². The van der Waals surface area contributed by atoms with Crippen molar-refractivity contribution in [3.63, 3.8) is 0 Å². The largest absolute Gasteiger partial charge is 0.497 e. The number of aromatic nitrogens is 4. The molecule has 186 valence electrons. The van der Waals surface area contributed by atoms with Crippen LogP contribution in [-0.2, 0) is 16.1 Å². The smallest absolute Gasteiger partial charge is 0.251 e. The van der Waals surface area contributed by atoms with Crippen LogP contribution >= 0.6 is 0 Å². The molecule has 10 nitrogen and oxygen atoms in total. The molecule has 35 heavy (non-hydrogen) atoms. The van der Waals surface area contributed by atoms with Crippen LogP contribution in [0.25, 0.3) is 11.6 Å². The SMILES string of the molecule is CCC[C@H](C(=O)NC1CCCC1)N(C(=O)Cn1nnc(-c2ccc(C)o2)n1)c1cccc(OC)c1. The number of hydrogen-bond donors (Lipinski definition) is 1. The van der Waals surface area contributed by atoms with E-state index in [-0.39, 0.29) is 24.4 Å². The van der Waals surface area contributed by atoms with Gasteiger partial charge < -0.3 is 14.5 Å². The number of tetrazole rings is 1. The molecule has 3 aromatic rings. The van der Waals surface area contributed by atoms with Gasteiger partial charge in [0.15, 0.2) is 5.76 Å². The maximum absolute atomic E-state index is 13.7. The molecule has 0 saturated heterocycles. The Morgan fingerprint density at radius 3 is 2.74 bits per heavy atom. The van der Waals surface area contributed by atoms with Crippen molar-refractivity contribution in [3.8, 4) is 17.3 Å². The summed E-state index contributed by atoms with van der Waals surface area (Å²) in [4.78, 5) is 29.8. The van der Waals surface area contributed by atoms with Gasteiger partial charge in [0.1, 0.15) is 24.1 Å². The molecular formula is C25H32N6O4. The predicted molar refractivity (Wildman–Crippen MR) is 130 cm³/mol. The van der Waals surface area contributed by atoms with Crippen LogP contribution in [0.15, 0.2) is 40.8 Å². The van der Waals surface area contributed by atoms with Gasteiger partial charge in [-0.05, 0) is 55.7 Å². The molecule has 1 aromatic carbocycles. The fourth-order valence-electron chi connectivity index (χ4n) is 4.44. The molecule has 2 aromatic heterocycles. The van der Waals surface area contributed by atoms with E-state index in [2.05, 4.69) is 20.7 Å². The third-order valence-electron chi connectivity index (χ3n) is 6.17. The molecule has 0 radical (unpaired) electrons. The van der Waals surface area contributed by atoms with Crippen molar-refractivity contribution in [3.05, 3.63) is 42.2 Å². The minimum Gasteiger partial charge on any atom is -0.497 e. The van der Waals surface area contributed by atoms with Crippen LogP contribution in [0.4, 0.5) is 5.69 Å². The second kappa shape index (κ2) is 11.2. The van der Waals surface area contributed by atoms with Gasteiger partial charge in [-0.3, -0.25) is 14.5 Å². The van der Waals surface area contributed by atoms with Crippen molar-refractivity contribution in [1.29, 1.82) is 0 Å². The van der Waals surface area contributed by atoms with E-state index in [9.17, 15) is 9.59 Å². The Labute approximate surface area is 204 Å². The van der Waals surface area contributed by atoms with E-state index < -0.39 is 6.04 Å². The molecule has 0 aliphatic heterocycles. The summed E-state index contributed by atoms with van der Waals surface area (Å²) >= 11 is 0. The number of hydrogen-bond acceptors (Lipinski definition) is 7. The second-order valence-corrected chi connectivity index (χ2v) is 8.81. The fraction of sp³-hybridized carbons (Fsp3) is 0.480. The van der Waals surface area contributed by atoms with Gasteiger partial charge in [-0.15, -0.1) is 10.2 Å². The molecule has 1 N–H and O–H groups in total. The summed E-state index contributed by atoms with van der Waals surface area (Å²) in [7, 11) is 1.57. The second-order valence-electron chi connectivity index (χ2n) is 8.81. The third kappa shape index (κ3) is 5.87. The normalized spacial score (nSPS) is 14.6.